The van der Waals surface area contributed by atoms with Crippen molar-refractivity contribution >= 4 is 17.6 Å². The fourth-order valence-corrected chi connectivity index (χ4v) is 1.96. The predicted octanol–water partition coefficient (Wildman–Crippen LogP) is 1.55. The van der Waals surface area contributed by atoms with Gasteiger partial charge >= 0.3 is 0 Å². The van der Waals surface area contributed by atoms with Crippen molar-refractivity contribution in [1.82, 2.24) is 9.88 Å². The quantitative estimate of drug-likeness (QED) is 0.737. The molecule has 1 saturated heterocycles. The van der Waals surface area contributed by atoms with E-state index in [1.165, 1.54) is 0 Å². The van der Waals surface area contributed by atoms with E-state index in [0.29, 0.717) is 17.9 Å². The molecule has 2 rings (SSSR count). The zero-order valence-electron chi connectivity index (χ0n) is 9.11. The first kappa shape index (κ1) is 10.8. The maximum atomic E-state index is 5.68. The molecule has 15 heavy (non-hydrogen) atoms. The number of rotatable bonds is 3. The summed E-state index contributed by atoms with van der Waals surface area (Å²) in [7, 11) is 4.21. The summed E-state index contributed by atoms with van der Waals surface area (Å²) < 4.78 is 5.38. The van der Waals surface area contributed by atoms with Gasteiger partial charge in [-0.05, 0) is 20.5 Å². The van der Waals surface area contributed by atoms with Gasteiger partial charge in [-0.25, -0.2) is 0 Å². The topological polar surface area (TPSA) is 32.5 Å². The molecule has 5 heteroatoms. The van der Waals surface area contributed by atoms with Gasteiger partial charge in [-0.2, -0.15) is 4.98 Å². The lowest BCUT2D eigenvalue weighted by molar-refractivity contribution is 0.315. The summed E-state index contributed by atoms with van der Waals surface area (Å²) in [6.07, 6.45) is 2.79. The van der Waals surface area contributed by atoms with E-state index in [4.69, 9.17) is 16.0 Å². The highest BCUT2D eigenvalue weighted by atomic mass is 35.5. The molecule has 0 aliphatic carbocycles. The van der Waals surface area contributed by atoms with Crippen molar-refractivity contribution < 1.29 is 4.42 Å². The standard InChI is InChI=1S/C10H16ClN3O/c1-13(2)9-3-4-14(6-9)10-12-8(5-11)7-15-10/h7,9H,3-6H2,1-2H3. The first-order chi connectivity index (χ1) is 7.20. The molecule has 1 aromatic rings. The Labute approximate surface area is 94.8 Å². The molecule has 1 fully saturated rings. The van der Waals surface area contributed by atoms with Crippen LogP contribution in [0.25, 0.3) is 0 Å². The van der Waals surface area contributed by atoms with Gasteiger partial charge in [0.2, 0.25) is 0 Å². The molecule has 0 bridgehead atoms. The largest absolute Gasteiger partial charge is 0.432 e. The summed E-state index contributed by atoms with van der Waals surface area (Å²) in [5, 5.41) is 0. The first-order valence-electron chi connectivity index (χ1n) is 5.12. The molecule has 84 valence electrons. The number of aromatic nitrogens is 1. The highest BCUT2D eigenvalue weighted by molar-refractivity contribution is 6.16. The molecule has 0 saturated carbocycles. The molecule has 0 N–H and O–H groups in total. The van der Waals surface area contributed by atoms with E-state index in [1.54, 1.807) is 6.26 Å². The average molecular weight is 230 g/mol. The SMILES string of the molecule is CN(C)C1CCN(c2nc(CCl)co2)C1. The second-order valence-electron chi connectivity index (χ2n) is 4.11. The minimum Gasteiger partial charge on any atom is -0.432 e. The Bertz CT molecular complexity index is 326. The number of hydrogen-bond donors (Lipinski definition) is 0. The van der Waals surface area contributed by atoms with E-state index in [1.807, 2.05) is 0 Å². The minimum atomic E-state index is 0.411. The number of halogens is 1. The summed E-state index contributed by atoms with van der Waals surface area (Å²) in [6.45, 7) is 1.99. The van der Waals surface area contributed by atoms with Crippen LogP contribution in [-0.2, 0) is 5.88 Å². The van der Waals surface area contributed by atoms with Crippen molar-refractivity contribution in [1.29, 1.82) is 0 Å². The number of hydrogen-bond acceptors (Lipinski definition) is 4. The van der Waals surface area contributed by atoms with Crippen molar-refractivity contribution in [2.45, 2.75) is 18.3 Å². The molecule has 1 unspecified atom stereocenters. The maximum Gasteiger partial charge on any atom is 0.297 e. The van der Waals surface area contributed by atoms with Crippen LogP contribution in [0.2, 0.25) is 0 Å². The van der Waals surface area contributed by atoms with E-state index >= 15 is 0 Å². The fraction of sp³-hybridized carbons (Fsp3) is 0.700. The fourth-order valence-electron chi connectivity index (χ4n) is 1.84. The van der Waals surface area contributed by atoms with Crippen LogP contribution in [-0.4, -0.2) is 43.1 Å². The maximum absolute atomic E-state index is 5.68. The van der Waals surface area contributed by atoms with Crippen LogP contribution in [0.15, 0.2) is 10.7 Å². The average Bonchev–Trinajstić information content (AvgIpc) is 2.86. The Morgan fingerprint density at radius 2 is 2.47 bits per heavy atom. The van der Waals surface area contributed by atoms with Crippen molar-refractivity contribution in [2.75, 3.05) is 32.1 Å². The Balaban J connectivity index is 2.01. The molecule has 1 atom stereocenters. The van der Waals surface area contributed by atoms with Crippen LogP contribution in [0.5, 0.6) is 0 Å². The van der Waals surface area contributed by atoms with Gasteiger partial charge in [-0.15, -0.1) is 11.6 Å². The molecular formula is C10H16ClN3O. The Kier molecular flexibility index (Phi) is 3.17. The molecular weight excluding hydrogens is 214 g/mol. The van der Waals surface area contributed by atoms with Gasteiger partial charge in [0, 0.05) is 19.1 Å². The molecule has 1 aliphatic heterocycles. The number of nitrogens with zero attached hydrogens (tertiary/aromatic N) is 3. The van der Waals surface area contributed by atoms with Gasteiger partial charge in [-0.1, -0.05) is 0 Å². The smallest absolute Gasteiger partial charge is 0.297 e. The van der Waals surface area contributed by atoms with E-state index in [-0.39, 0.29) is 0 Å². The summed E-state index contributed by atoms with van der Waals surface area (Å²) in [4.78, 5) is 8.72. The highest BCUT2D eigenvalue weighted by Gasteiger charge is 2.26. The lowest BCUT2D eigenvalue weighted by Gasteiger charge is -2.19. The van der Waals surface area contributed by atoms with Gasteiger partial charge in [0.1, 0.15) is 6.26 Å². The second kappa shape index (κ2) is 4.41. The Morgan fingerprint density at radius 3 is 3.00 bits per heavy atom. The molecule has 1 aliphatic rings. The Morgan fingerprint density at radius 1 is 1.67 bits per heavy atom. The summed E-state index contributed by atoms with van der Waals surface area (Å²) in [5.74, 6) is 0.411. The first-order valence-corrected chi connectivity index (χ1v) is 5.66. The third kappa shape index (κ3) is 2.26. The van der Waals surface area contributed by atoms with Gasteiger partial charge in [0.15, 0.2) is 0 Å². The Hall–Kier alpha value is -0.740. The van der Waals surface area contributed by atoms with E-state index in [9.17, 15) is 0 Å². The van der Waals surface area contributed by atoms with Gasteiger partial charge in [-0.3, -0.25) is 0 Å². The normalized spacial score (nSPS) is 21.6. The van der Waals surface area contributed by atoms with Gasteiger partial charge < -0.3 is 14.2 Å². The van der Waals surface area contributed by atoms with E-state index < -0.39 is 0 Å². The number of alkyl halides is 1. The lowest BCUT2D eigenvalue weighted by Crippen LogP contribution is -2.31. The molecule has 1 aromatic heterocycles. The van der Waals surface area contributed by atoms with Gasteiger partial charge in [0.05, 0.1) is 11.6 Å². The molecule has 2 heterocycles. The van der Waals surface area contributed by atoms with Crippen molar-refractivity contribution in [3.05, 3.63) is 12.0 Å². The number of anilines is 1. The summed E-state index contributed by atoms with van der Waals surface area (Å²) in [6, 6.07) is 1.30. The molecule has 0 amide bonds. The zero-order valence-corrected chi connectivity index (χ0v) is 9.87. The van der Waals surface area contributed by atoms with Crippen LogP contribution < -0.4 is 4.90 Å². The summed E-state index contributed by atoms with van der Waals surface area (Å²) >= 11 is 5.68. The summed E-state index contributed by atoms with van der Waals surface area (Å²) in [5.41, 5.74) is 0.806. The van der Waals surface area contributed by atoms with Crippen LogP contribution >= 0.6 is 11.6 Å². The minimum absolute atomic E-state index is 0.411. The van der Waals surface area contributed by atoms with Crippen molar-refractivity contribution in [2.24, 2.45) is 0 Å². The lowest BCUT2D eigenvalue weighted by atomic mass is 10.2. The van der Waals surface area contributed by atoms with E-state index in [2.05, 4.69) is 28.9 Å². The third-order valence-corrected chi connectivity index (χ3v) is 3.11. The van der Waals surface area contributed by atoms with Crippen LogP contribution in [0, 0.1) is 0 Å². The zero-order chi connectivity index (χ0) is 10.8. The monoisotopic (exact) mass is 229 g/mol. The second-order valence-corrected chi connectivity index (χ2v) is 4.37. The number of oxazole rings is 1. The molecule has 0 spiro atoms. The van der Waals surface area contributed by atoms with E-state index in [0.717, 1.165) is 25.2 Å². The molecule has 0 radical (unpaired) electrons. The molecule has 4 nitrogen and oxygen atoms in total. The highest BCUT2D eigenvalue weighted by Crippen LogP contribution is 2.21. The van der Waals surface area contributed by atoms with Crippen LogP contribution in [0.1, 0.15) is 12.1 Å². The third-order valence-electron chi connectivity index (χ3n) is 2.84. The number of likely N-dealkylation sites (N-methyl/N-ethyl adjacent to an activating group) is 1. The van der Waals surface area contributed by atoms with Crippen LogP contribution in [0.3, 0.4) is 0 Å². The van der Waals surface area contributed by atoms with Crippen LogP contribution in [0.4, 0.5) is 6.01 Å². The van der Waals surface area contributed by atoms with Crippen molar-refractivity contribution in [3.8, 4) is 0 Å². The predicted molar refractivity (Wildman–Crippen MR) is 60.4 cm³/mol. The van der Waals surface area contributed by atoms with Crippen molar-refractivity contribution in [3.63, 3.8) is 0 Å². The molecule has 0 aromatic carbocycles. The van der Waals surface area contributed by atoms with Gasteiger partial charge in [0.25, 0.3) is 6.01 Å².